The normalized spacial score (nSPS) is 23.4. The summed E-state index contributed by atoms with van der Waals surface area (Å²) in [6.07, 6.45) is 6.28. The van der Waals surface area contributed by atoms with Crippen molar-refractivity contribution in [2.24, 2.45) is 5.92 Å². The fourth-order valence-corrected chi connectivity index (χ4v) is 1.98. The molecule has 2 saturated carbocycles. The van der Waals surface area contributed by atoms with E-state index >= 15 is 0 Å². The standard InChI is InChI=1S/C13H23NO3/c1-13(12(15)16,14-11-5-6-11)7-2-8-17-9-10-3-4-10/h10-11,14H,2-9H2,1H3,(H,15,16). The lowest BCUT2D eigenvalue weighted by Crippen LogP contribution is -2.50. The van der Waals surface area contributed by atoms with Gasteiger partial charge in [-0.1, -0.05) is 0 Å². The number of carbonyl (C=O) groups is 1. The van der Waals surface area contributed by atoms with Crippen LogP contribution in [-0.2, 0) is 9.53 Å². The molecule has 1 unspecified atom stereocenters. The second kappa shape index (κ2) is 5.36. The van der Waals surface area contributed by atoms with Crippen molar-refractivity contribution >= 4 is 5.97 Å². The molecule has 0 spiro atoms. The van der Waals surface area contributed by atoms with Gasteiger partial charge in [0.2, 0.25) is 0 Å². The molecule has 0 amide bonds. The molecule has 2 fully saturated rings. The SMILES string of the molecule is CC(CCCOCC1CC1)(NC1CC1)C(=O)O. The summed E-state index contributed by atoms with van der Waals surface area (Å²) in [6.45, 7) is 3.33. The third kappa shape index (κ3) is 4.28. The number of hydrogen-bond acceptors (Lipinski definition) is 3. The first-order chi connectivity index (χ1) is 8.10. The molecule has 0 bridgehead atoms. The molecule has 2 aliphatic rings. The Morgan fingerprint density at radius 3 is 2.65 bits per heavy atom. The third-order valence-electron chi connectivity index (χ3n) is 3.59. The molecular weight excluding hydrogens is 218 g/mol. The summed E-state index contributed by atoms with van der Waals surface area (Å²) >= 11 is 0. The molecule has 2 N–H and O–H groups in total. The van der Waals surface area contributed by atoms with Gasteiger partial charge in [0.05, 0.1) is 0 Å². The summed E-state index contributed by atoms with van der Waals surface area (Å²) in [5.41, 5.74) is -0.774. The molecule has 0 aromatic heterocycles. The van der Waals surface area contributed by atoms with Crippen molar-refractivity contribution in [2.45, 2.75) is 57.0 Å². The van der Waals surface area contributed by atoms with Crippen LogP contribution in [-0.4, -0.2) is 35.9 Å². The second-order valence-corrected chi connectivity index (χ2v) is 5.68. The molecular formula is C13H23NO3. The summed E-state index contributed by atoms with van der Waals surface area (Å²) in [4.78, 5) is 11.3. The molecule has 0 aromatic rings. The van der Waals surface area contributed by atoms with E-state index in [9.17, 15) is 9.90 Å². The van der Waals surface area contributed by atoms with Crippen LogP contribution in [0.2, 0.25) is 0 Å². The maximum absolute atomic E-state index is 11.3. The molecule has 0 aromatic carbocycles. The van der Waals surface area contributed by atoms with E-state index in [0.717, 1.165) is 31.8 Å². The molecule has 4 heteroatoms. The van der Waals surface area contributed by atoms with Crippen molar-refractivity contribution < 1.29 is 14.6 Å². The first kappa shape index (κ1) is 12.8. The highest BCUT2D eigenvalue weighted by Gasteiger charge is 2.37. The predicted octanol–water partition coefficient (Wildman–Crippen LogP) is 1.79. The zero-order valence-corrected chi connectivity index (χ0v) is 10.6. The van der Waals surface area contributed by atoms with E-state index in [0.29, 0.717) is 19.1 Å². The molecule has 0 aliphatic heterocycles. The van der Waals surface area contributed by atoms with Gasteiger partial charge in [0.15, 0.2) is 0 Å². The van der Waals surface area contributed by atoms with E-state index in [1.165, 1.54) is 12.8 Å². The van der Waals surface area contributed by atoms with Gasteiger partial charge < -0.3 is 9.84 Å². The summed E-state index contributed by atoms with van der Waals surface area (Å²) in [6, 6.07) is 0.420. The largest absolute Gasteiger partial charge is 0.480 e. The van der Waals surface area contributed by atoms with E-state index in [4.69, 9.17) is 4.74 Å². The summed E-state index contributed by atoms with van der Waals surface area (Å²) in [5.74, 6) is 0.0389. The van der Waals surface area contributed by atoms with Crippen molar-refractivity contribution in [2.75, 3.05) is 13.2 Å². The molecule has 0 radical (unpaired) electrons. The van der Waals surface area contributed by atoms with Gasteiger partial charge >= 0.3 is 5.97 Å². The van der Waals surface area contributed by atoms with E-state index in [1.54, 1.807) is 6.92 Å². The molecule has 17 heavy (non-hydrogen) atoms. The minimum Gasteiger partial charge on any atom is -0.480 e. The number of aliphatic carboxylic acids is 1. The maximum atomic E-state index is 11.3. The van der Waals surface area contributed by atoms with Crippen LogP contribution in [0.15, 0.2) is 0 Å². The van der Waals surface area contributed by atoms with E-state index in [-0.39, 0.29) is 0 Å². The van der Waals surface area contributed by atoms with Crippen molar-refractivity contribution in [1.29, 1.82) is 0 Å². The fourth-order valence-electron chi connectivity index (χ4n) is 1.98. The molecule has 98 valence electrons. The lowest BCUT2D eigenvalue weighted by molar-refractivity contribution is -0.144. The third-order valence-corrected chi connectivity index (χ3v) is 3.59. The van der Waals surface area contributed by atoms with Crippen molar-refractivity contribution in [1.82, 2.24) is 5.32 Å². The van der Waals surface area contributed by atoms with E-state index in [1.807, 2.05) is 0 Å². The molecule has 0 saturated heterocycles. The highest BCUT2D eigenvalue weighted by atomic mass is 16.5. The van der Waals surface area contributed by atoms with Gasteiger partial charge in [0, 0.05) is 19.3 Å². The van der Waals surface area contributed by atoms with Crippen LogP contribution in [0.3, 0.4) is 0 Å². The van der Waals surface area contributed by atoms with Crippen molar-refractivity contribution in [3.63, 3.8) is 0 Å². The minimum atomic E-state index is -0.774. The Labute approximate surface area is 103 Å². The highest BCUT2D eigenvalue weighted by Crippen LogP contribution is 2.29. The average molecular weight is 241 g/mol. The molecule has 1 atom stereocenters. The van der Waals surface area contributed by atoms with Gasteiger partial charge in [0.25, 0.3) is 0 Å². The number of ether oxygens (including phenoxy) is 1. The summed E-state index contributed by atoms with van der Waals surface area (Å²) < 4.78 is 5.53. The Bertz CT molecular complexity index is 274. The smallest absolute Gasteiger partial charge is 0.323 e. The topological polar surface area (TPSA) is 58.6 Å². The van der Waals surface area contributed by atoms with Gasteiger partial charge in [-0.05, 0) is 51.4 Å². The summed E-state index contributed by atoms with van der Waals surface area (Å²) in [7, 11) is 0. The Morgan fingerprint density at radius 2 is 2.12 bits per heavy atom. The van der Waals surface area contributed by atoms with Gasteiger partial charge in [-0.3, -0.25) is 10.1 Å². The number of carboxylic acid groups (broad SMARTS) is 1. The van der Waals surface area contributed by atoms with E-state index in [2.05, 4.69) is 5.32 Å². The first-order valence-corrected chi connectivity index (χ1v) is 6.69. The lowest BCUT2D eigenvalue weighted by atomic mass is 9.96. The van der Waals surface area contributed by atoms with Crippen LogP contribution < -0.4 is 5.32 Å². The van der Waals surface area contributed by atoms with Crippen LogP contribution in [0.1, 0.15) is 45.4 Å². The zero-order valence-electron chi connectivity index (χ0n) is 10.6. The van der Waals surface area contributed by atoms with Gasteiger partial charge in [0.1, 0.15) is 5.54 Å². The molecule has 4 nitrogen and oxygen atoms in total. The van der Waals surface area contributed by atoms with Crippen molar-refractivity contribution in [3.8, 4) is 0 Å². The lowest BCUT2D eigenvalue weighted by Gasteiger charge is -2.26. The molecule has 2 aliphatic carbocycles. The fraction of sp³-hybridized carbons (Fsp3) is 0.923. The van der Waals surface area contributed by atoms with Crippen LogP contribution >= 0.6 is 0 Å². The Balaban J connectivity index is 1.62. The Hall–Kier alpha value is -0.610. The number of hydrogen-bond donors (Lipinski definition) is 2. The van der Waals surface area contributed by atoms with Crippen LogP contribution in [0, 0.1) is 5.92 Å². The zero-order chi connectivity index (χ0) is 12.3. The van der Waals surface area contributed by atoms with Gasteiger partial charge in [-0.2, -0.15) is 0 Å². The quantitative estimate of drug-likeness (QED) is 0.604. The minimum absolute atomic E-state index is 0.420. The Kier molecular flexibility index (Phi) is 4.05. The highest BCUT2D eigenvalue weighted by molar-refractivity contribution is 5.78. The van der Waals surface area contributed by atoms with Crippen molar-refractivity contribution in [3.05, 3.63) is 0 Å². The number of nitrogens with one attached hydrogen (secondary N) is 1. The molecule has 0 heterocycles. The Morgan fingerprint density at radius 1 is 1.41 bits per heavy atom. The predicted molar refractivity (Wildman–Crippen MR) is 65.0 cm³/mol. The number of rotatable bonds is 9. The van der Waals surface area contributed by atoms with Gasteiger partial charge in [-0.15, -0.1) is 0 Å². The second-order valence-electron chi connectivity index (χ2n) is 5.68. The van der Waals surface area contributed by atoms with Gasteiger partial charge in [-0.25, -0.2) is 0 Å². The van der Waals surface area contributed by atoms with Crippen LogP contribution in [0.4, 0.5) is 0 Å². The van der Waals surface area contributed by atoms with Crippen LogP contribution in [0.25, 0.3) is 0 Å². The monoisotopic (exact) mass is 241 g/mol. The number of carboxylic acids is 1. The van der Waals surface area contributed by atoms with Crippen LogP contribution in [0.5, 0.6) is 0 Å². The molecule has 2 rings (SSSR count). The first-order valence-electron chi connectivity index (χ1n) is 6.69. The summed E-state index contributed by atoms with van der Waals surface area (Å²) in [5, 5.41) is 12.5. The average Bonchev–Trinajstić information content (AvgIpc) is 3.11. The van der Waals surface area contributed by atoms with E-state index < -0.39 is 11.5 Å². The maximum Gasteiger partial charge on any atom is 0.323 e.